The van der Waals surface area contributed by atoms with Crippen LogP contribution in [-0.2, 0) is 11.3 Å². The second-order valence-corrected chi connectivity index (χ2v) is 7.03. The number of hydrogen-bond acceptors (Lipinski definition) is 4. The molecular formula is C18H21N3OS. The molecule has 0 aliphatic heterocycles. The lowest BCUT2D eigenvalue weighted by Gasteiger charge is -2.11. The van der Waals surface area contributed by atoms with Crippen LogP contribution in [0.5, 0.6) is 0 Å². The Balaban J connectivity index is 1.56. The van der Waals surface area contributed by atoms with Gasteiger partial charge in [-0.25, -0.2) is 0 Å². The molecule has 0 radical (unpaired) electrons. The van der Waals surface area contributed by atoms with Gasteiger partial charge in [-0.2, -0.15) is 0 Å². The maximum atomic E-state index is 12.1. The molecule has 23 heavy (non-hydrogen) atoms. The minimum Gasteiger partial charge on any atom is -0.351 e. The van der Waals surface area contributed by atoms with Crippen LogP contribution in [0, 0.1) is 0 Å². The van der Waals surface area contributed by atoms with Crippen molar-refractivity contribution in [2.24, 2.45) is 0 Å². The quantitative estimate of drug-likeness (QED) is 0.883. The Labute approximate surface area is 141 Å². The summed E-state index contributed by atoms with van der Waals surface area (Å²) in [5.74, 6) is 0.654. The van der Waals surface area contributed by atoms with Gasteiger partial charge in [0.1, 0.15) is 0 Å². The molecule has 1 aliphatic rings. The number of thioether (sulfide) groups is 1. The summed E-state index contributed by atoms with van der Waals surface area (Å²) in [4.78, 5) is 20.5. The molecule has 1 amide bonds. The van der Waals surface area contributed by atoms with Gasteiger partial charge < -0.3 is 5.32 Å². The number of aromatic nitrogens is 2. The molecule has 2 aromatic heterocycles. The van der Waals surface area contributed by atoms with E-state index in [1.54, 1.807) is 30.4 Å². The van der Waals surface area contributed by atoms with Gasteiger partial charge in [0.2, 0.25) is 5.91 Å². The van der Waals surface area contributed by atoms with Gasteiger partial charge in [0.25, 0.3) is 0 Å². The molecule has 2 aromatic rings. The zero-order valence-electron chi connectivity index (χ0n) is 13.1. The van der Waals surface area contributed by atoms with Gasteiger partial charge in [0.15, 0.2) is 0 Å². The molecule has 1 fully saturated rings. The predicted molar refractivity (Wildman–Crippen MR) is 94.0 cm³/mol. The van der Waals surface area contributed by atoms with Crippen molar-refractivity contribution in [3.05, 3.63) is 48.4 Å². The summed E-state index contributed by atoms with van der Waals surface area (Å²) in [6.07, 6.45) is 10.4. The Hall–Kier alpha value is -1.88. The van der Waals surface area contributed by atoms with E-state index in [1.165, 1.54) is 25.7 Å². The third kappa shape index (κ3) is 4.55. The van der Waals surface area contributed by atoms with Crippen LogP contribution in [-0.4, -0.2) is 26.9 Å². The molecule has 5 heteroatoms. The van der Waals surface area contributed by atoms with E-state index in [1.807, 2.05) is 24.3 Å². The third-order valence-corrected chi connectivity index (χ3v) is 5.45. The normalized spacial score (nSPS) is 14.8. The Kier molecular flexibility index (Phi) is 5.64. The van der Waals surface area contributed by atoms with Crippen molar-refractivity contribution >= 4 is 17.7 Å². The second kappa shape index (κ2) is 8.11. The number of amides is 1. The Bertz CT molecular complexity index is 642. The van der Waals surface area contributed by atoms with Gasteiger partial charge in [-0.1, -0.05) is 18.9 Å². The van der Waals surface area contributed by atoms with Crippen LogP contribution in [0.4, 0.5) is 0 Å². The number of pyridine rings is 2. The summed E-state index contributed by atoms with van der Waals surface area (Å²) in [7, 11) is 0. The van der Waals surface area contributed by atoms with E-state index in [0.717, 1.165) is 16.8 Å². The molecule has 120 valence electrons. The van der Waals surface area contributed by atoms with Crippen molar-refractivity contribution in [2.75, 3.05) is 5.75 Å². The smallest absolute Gasteiger partial charge is 0.230 e. The zero-order valence-corrected chi connectivity index (χ0v) is 13.9. The van der Waals surface area contributed by atoms with E-state index in [-0.39, 0.29) is 5.91 Å². The molecule has 1 N–H and O–H groups in total. The lowest BCUT2D eigenvalue weighted by molar-refractivity contribution is -0.118. The molecule has 3 rings (SSSR count). The lowest BCUT2D eigenvalue weighted by atomic mass is 10.1. The molecule has 0 atom stereocenters. The minimum atomic E-state index is 0.103. The highest BCUT2D eigenvalue weighted by atomic mass is 32.2. The fraction of sp³-hybridized carbons (Fsp3) is 0.389. The number of nitrogens with zero attached hydrogens (tertiary/aromatic N) is 2. The Morgan fingerprint density at radius 1 is 1.17 bits per heavy atom. The highest BCUT2D eigenvalue weighted by molar-refractivity contribution is 8.00. The van der Waals surface area contributed by atoms with E-state index < -0.39 is 0 Å². The third-order valence-electron chi connectivity index (χ3n) is 4.07. The van der Waals surface area contributed by atoms with Gasteiger partial charge in [-0.05, 0) is 36.6 Å². The van der Waals surface area contributed by atoms with Crippen molar-refractivity contribution in [2.45, 2.75) is 37.5 Å². The number of rotatable bonds is 6. The first-order valence-corrected chi connectivity index (χ1v) is 9.10. The SMILES string of the molecule is O=C(CSC1CCCC1)NCc1cccnc1-c1ccncc1. The van der Waals surface area contributed by atoms with Crippen LogP contribution in [0.2, 0.25) is 0 Å². The summed E-state index contributed by atoms with van der Waals surface area (Å²) in [5.41, 5.74) is 2.95. The van der Waals surface area contributed by atoms with E-state index in [9.17, 15) is 4.79 Å². The minimum absolute atomic E-state index is 0.103. The van der Waals surface area contributed by atoms with Gasteiger partial charge in [-0.15, -0.1) is 11.8 Å². The van der Waals surface area contributed by atoms with Crippen LogP contribution in [0.25, 0.3) is 11.3 Å². The molecule has 1 saturated carbocycles. The number of carbonyl (C=O) groups excluding carboxylic acids is 1. The van der Waals surface area contributed by atoms with Crippen LogP contribution in [0.3, 0.4) is 0 Å². The molecular weight excluding hydrogens is 306 g/mol. The van der Waals surface area contributed by atoms with E-state index in [2.05, 4.69) is 15.3 Å². The lowest BCUT2D eigenvalue weighted by Crippen LogP contribution is -2.25. The summed E-state index contributed by atoms with van der Waals surface area (Å²) in [5, 5.41) is 3.69. The number of carbonyl (C=O) groups is 1. The maximum Gasteiger partial charge on any atom is 0.230 e. The van der Waals surface area contributed by atoms with Crippen molar-refractivity contribution in [3.8, 4) is 11.3 Å². The molecule has 1 aliphatic carbocycles. The Morgan fingerprint density at radius 2 is 1.96 bits per heavy atom. The summed E-state index contributed by atoms with van der Waals surface area (Å²) in [6, 6.07) is 7.78. The summed E-state index contributed by atoms with van der Waals surface area (Å²) in [6.45, 7) is 0.509. The highest BCUT2D eigenvalue weighted by Crippen LogP contribution is 2.29. The fourth-order valence-corrected chi connectivity index (χ4v) is 4.00. The molecule has 2 heterocycles. The number of hydrogen-bond donors (Lipinski definition) is 1. The zero-order chi connectivity index (χ0) is 15.9. The van der Waals surface area contributed by atoms with E-state index in [0.29, 0.717) is 17.5 Å². The highest BCUT2D eigenvalue weighted by Gasteiger charge is 2.16. The molecule has 0 bridgehead atoms. The van der Waals surface area contributed by atoms with Gasteiger partial charge >= 0.3 is 0 Å². The van der Waals surface area contributed by atoms with Crippen LogP contribution < -0.4 is 5.32 Å². The van der Waals surface area contributed by atoms with Crippen molar-refractivity contribution in [1.29, 1.82) is 0 Å². The van der Waals surface area contributed by atoms with Gasteiger partial charge in [0.05, 0.1) is 11.4 Å². The average molecular weight is 327 g/mol. The summed E-state index contributed by atoms with van der Waals surface area (Å²) < 4.78 is 0. The van der Waals surface area contributed by atoms with E-state index >= 15 is 0 Å². The number of nitrogens with one attached hydrogen (secondary N) is 1. The largest absolute Gasteiger partial charge is 0.351 e. The molecule has 4 nitrogen and oxygen atoms in total. The van der Waals surface area contributed by atoms with E-state index in [4.69, 9.17) is 0 Å². The first-order chi connectivity index (χ1) is 11.3. The van der Waals surface area contributed by atoms with Crippen molar-refractivity contribution in [3.63, 3.8) is 0 Å². The first-order valence-electron chi connectivity index (χ1n) is 8.05. The molecule has 0 saturated heterocycles. The molecule has 0 unspecified atom stereocenters. The first kappa shape index (κ1) is 16.0. The van der Waals surface area contributed by atoms with Gasteiger partial charge in [-0.3, -0.25) is 14.8 Å². The monoisotopic (exact) mass is 327 g/mol. The predicted octanol–water partition coefficient (Wildman–Crippen LogP) is 3.44. The topological polar surface area (TPSA) is 54.9 Å². The second-order valence-electron chi connectivity index (χ2n) is 5.74. The molecule has 0 spiro atoms. The Morgan fingerprint density at radius 3 is 2.74 bits per heavy atom. The maximum absolute atomic E-state index is 12.1. The summed E-state index contributed by atoms with van der Waals surface area (Å²) >= 11 is 1.79. The molecule has 0 aromatic carbocycles. The van der Waals surface area contributed by atoms with Crippen molar-refractivity contribution in [1.82, 2.24) is 15.3 Å². The average Bonchev–Trinajstić information content (AvgIpc) is 3.13. The van der Waals surface area contributed by atoms with Crippen LogP contribution in [0.1, 0.15) is 31.2 Å². The fourth-order valence-electron chi connectivity index (χ4n) is 2.84. The van der Waals surface area contributed by atoms with Crippen molar-refractivity contribution < 1.29 is 4.79 Å². The van der Waals surface area contributed by atoms with Gasteiger partial charge in [0, 0.05) is 35.9 Å². The van der Waals surface area contributed by atoms with Crippen LogP contribution >= 0.6 is 11.8 Å². The standard InChI is InChI=1S/C18H21N3OS/c22-17(13-23-16-5-1-2-6-16)21-12-15-4-3-9-20-18(15)14-7-10-19-11-8-14/h3-4,7-11,16H,1-2,5-6,12-13H2,(H,21,22). The van der Waals surface area contributed by atoms with Crippen LogP contribution in [0.15, 0.2) is 42.9 Å².